The van der Waals surface area contributed by atoms with Crippen LogP contribution in [0.1, 0.15) is 21.5 Å². The SMILES string of the molecule is COC(=O)c1cc(CNC(=O)NCc2ccc(F)cc2)ccc1OC. The quantitative estimate of drug-likeness (QED) is 0.789. The summed E-state index contributed by atoms with van der Waals surface area (Å²) in [6, 6.07) is 10.5. The van der Waals surface area contributed by atoms with Crippen molar-refractivity contribution < 1.29 is 23.5 Å². The van der Waals surface area contributed by atoms with Crippen LogP contribution in [0.2, 0.25) is 0 Å². The van der Waals surface area contributed by atoms with Crippen LogP contribution in [-0.4, -0.2) is 26.2 Å². The molecule has 0 spiro atoms. The molecule has 2 rings (SSSR count). The Hall–Kier alpha value is -3.09. The number of ether oxygens (including phenoxy) is 2. The molecular formula is C18H19FN2O4. The normalized spacial score (nSPS) is 10.0. The predicted octanol–water partition coefficient (Wildman–Crippen LogP) is 2.62. The Labute approximate surface area is 144 Å². The number of halogens is 1. The summed E-state index contributed by atoms with van der Waals surface area (Å²) in [6.07, 6.45) is 0. The Kier molecular flexibility index (Phi) is 6.33. The molecule has 0 heterocycles. The summed E-state index contributed by atoms with van der Waals surface area (Å²) in [5.41, 5.74) is 1.79. The van der Waals surface area contributed by atoms with Crippen LogP contribution in [0.5, 0.6) is 5.75 Å². The van der Waals surface area contributed by atoms with E-state index in [-0.39, 0.29) is 30.5 Å². The molecule has 0 saturated heterocycles. The van der Waals surface area contributed by atoms with Gasteiger partial charge >= 0.3 is 12.0 Å². The zero-order valence-corrected chi connectivity index (χ0v) is 14.0. The fourth-order valence-electron chi connectivity index (χ4n) is 2.16. The van der Waals surface area contributed by atoms with Gasteiger partial charge in [-0.15, -0.1) is 0 Å². The number of methoxy groups -OCH3 is 2. The lowest BCUT2D eigenvalue weighted by atomic mass is 10.1. The Balaban J connectivity index is 1.90. The first-order valence-electron chi connectivity index (χ1n) is 7.55. The van der Waals surface area contributed by atoms with Crippen molar-refractivity contribution in [3.8, 4) is 5.75 Å². The van der Waals surface area contributed by atoms with Crippen LogP contribution >= 0.6 is 0 Å². The molecule has 2 amide bonds. The molecule has 2 aromatic carbocycles. The second-order valence-corrected chi connectivity index (χ2v) is 5.19. The van der Waals surface area contributed by atoms with Gasteiger partial charge in [0.25, 0.3) is 0 Å². The van der Waals surface area contributed by atoms with Gasteiger partial charge in [0.05, 0.1) is 14.2 Å². The van der Waals surface area contributed by atoms with E-state index in [9.17, 15) is 14.0 Å². The molecule has 0 atom stereocenters. The zero-order valence-electron chi connectivity index (χ0n) is 14.0. The van der Waals surface area contributed by atoms with Crippen molar-refractivity contribution in [2.75, 3.05) is 14.2 Å². The van der Waals surface area contributed by atoms with E-state index in [0.29, 0.717) is 5.75 Å². The third-order valence-corrected chi connectivity index (χ3v) is 3.49. The monoisotopic (exact) mass is 346 g/mol. The minimum Gasteiger partial charge on any atom is -0.496 e. The largest absolute Gasteiger partial charge is 0.496 e. The predicted molar refractivity (Wildman–Crippen MR) is 89.8 cm³/mol. The van der Waals surface area contributed by atoms with Crippen molar-refractivity contribution >= 4 is 12.0 Å². The highest BCUT2D eigenvalue weighted by molar-refractivity contribution is 5.92. The van der Waals surface area contributed by atoms with E-state index in [1.807, 2.05) is 0 Å². The second kappa shape index (κ2) is 8.68. The van der Waals surface area contributed by atoms with Crippen LogP contribution in [-0.2, 0) is 17.8 Å². The van der Waals surface area contributed by atoms with Crippen molar-refractivity contribution in [1.29, 1.82) is 0 Å². The highest BCUT2D eigenvalue weighted by atomic mass is 19.1. The number of nitrogens with one attached hydrogen (secondary N) is 2. The fraction of sp³-hybridized carbons (Fsp3) is 0.222. The van der Waals surface area contributed by atoms with Crippen molar-refractivity contribution in [3.05, 3.63) is 65.0 Å². The molecule has 0 radical (unpaired) electrons. The number of carbonyl (C=O) groups is 2. The molecule has 0 aliphatic carbocycles. The molecule has 0 bridgehead atoms. The summed E-state index contributed by atoms with van der Waals surface area (Å²) >= 11 is 0. The van der Waals surface area contributed by atoms with Crippen LogP contribution in [0.15, 0.2) is 42.5 Å². The maximum Gasteiger partial charge on any atom is 0.341 e. The third-order valence-electron chi connectivity index (χ3n) is 3.49. The number of hydrogen-bond donors (Lipinski definition) is 2. The van der Waals surface area contributed by atoms with Gasteiger partial charge in [0.15, 0.2) is 0 Å². The van der Waals surface area contributed by atoms with E-state index in [1.165, 1.54) is 26.4 Å². The molecule has 132 valence electrons. The Bertz CT molecular complexity index is 747. The molecular weight excluding hydrogens is 327 g/mol. The Morgan fingerprint density at radius 3 is 2.16 bits per heavy atom. The van der Waals surface area contributed by atoms with Gasteiger partial charge in [-0.1, -0.05) is 18.2 Å². The number of benzene rings is 2. The molecule has 0 aliphatic heterocycles. The Morgan fingerprint density at radius 2 is 1.56 bits per heavy atom. The summed E-state index contributed by atoms with van der Waals surface area (Å²) < 4.78 is 22.6. The minimum atomic E-state index is -0.514. The van der Waals surface area contributed by atoms with Crippen molar-refractivity contribution in [1.82, 2.24) is 10.6 Å². The lowest BCUT2D eigenvalue weighted by Crippen LogP contribution is -2.34. The summed E-state index contributed by atoms with van der Waals surface area (Å²) in [4.78, 5) is 23.6. The van der Waals surface area contributed by atoms with Crippen LogP contribution in [0.3, 0.4) is 0 Å². The molecule has 6 nitrogen and oxygen atoms in total. The second-order valence-electron chi connectivity index (χ2n) is 5.19. The fourth-order valence-corrected chi connectivity index (χ4v) is 2.16. The highest BCUT2D eigenvalue weighted by Gasteiger charge is 2.13. The lowest BCUT2D eigenvalue weighted by molar-refractivity contribution is 0.0597. The molecule has 0 fully saturated rings. The molecule has 7 heteroatoms. The molecule has 2 N–H and O–H groups in total. The lowest BCUT2D eigenvalue weighted by Gasteiger charge is -2.11. The zero-order chi connectivity index (χ0) is 18.2. The third kappa shape index (κ3) is 5.20. The molecule has 0 aromatic heterocycles. The van der Waals surface area contributed by atoms with Gasteiger partial charge in [-0.05, 0) is 35.4 Å². The first-order chi connectivity index (χ1) is 12.0. The summed E-state index contributed by atoms with van der Waals surface area (Å²) in [6.45, 7) is 0.505. The average Bonchev–Trinajstić information content (AvgIpc) is 2.65. The van der Waals surface area contributed by atoms with E-state index >= 15 is 0 Å². The average molecular weight is 346 g/mol. The molecule has 0 aliphatic rings. The topological polar surface area (TPSA) is 76.7 Å². The number of esters is 1. The first-order valence-corrected chi connectivity index (χ1v) is 7.55. The smallest absolute Gasteiger partial charge is 0.341 e. The summed E-state index contributed by atoms with van der Waals surface area (Å²) in [7, 11) is 2.75. The number of hydrogen-bond acceptors (Lipinski definition) is 4. The Morgan fingerprint density at radius 1 is 0.960 bits per heavy atom. The van der Waals surface area contributed by atoms with Crippen LogP contribution in [0, 0.1) is 5.82 Å². The molecule has 2 aromatic rings. The number of amides is 2. The summed E-state index contributed by atoms with van der Waals surface area (Å²) in [5, 5.41) is 5.36. The van der Waals surface area contributed by atoms with Gasteiger partial charge in [0.2, 0.25) is 0 Å². The van der Waals surface area contributed by atoms with E-state index in [0.717, 1.165) is 11.1 Å². The number of carbonyl (C=O) groups excluding carboxylic acids is 2. The van der Waals surface area contributed by atoms with Crippen LogP contribution in [0.4, 0.5) is 9.18 Å². The van der Waals surface area contributed by atoms with E-state index < -0.39 is 5.97 Å². The highest BCUT2D eigenvalue weighted by Crippen LogP contribution is 2.20. The first kappa shape index (κ1) is 18.3. The molecule has 0 unspecified atom stereocenters. The minimum absolute atomic E-state index is 0.225. The molecule has 25 heavy (non-hydrogen) atoms. The molecule has 0 saturated carbocycles. The van der Waals surface area contributed by atoms with E-state index in [2.05, 4.69) is 10.6 Å². The maximum atomic E-state index is 12.8. The van der Waals surface area contributed by atoms with Gasteiger partial charge in [-0.3, -0.25) is 0 Å². The van der Waals surface area contributed by atoms with Crippen LogP contribution in [0.25, 0.3) is 0 Å². The van der Waals surface area contributed by atoms with Gasteiger partial charge in [0.1, 0.15) is 17.1 Å². The standard InChI is InChI=1S/C18H19FN2O4/c1-24-16-8-5-13(9-15(16)17(22)25-2)11-21-18(23)20-10-12-3-6-14(19)7-4-12/h3-9H,10-11H2,1-2H3,(H2,20,21,23). The van der Waals surface area contributed by atoms with Crippen molar-refractivity contribution in [2.24, 2.45) is 0 Å². The van der Waals surface area contributed by atoms with Gasteiger partial charge in [-0.25, -0.2) is 14.0 Å². The number of urea groups is 1. The van der Waals surface area contributed by atoms with Crippen LogP contribution < -0.4 is 15.4 Å². The maximum absolute atomic E-state index is 12.8. The van der Waals surface area contributed by atoms with Gasteiger partial charge in [0, 0.05) is 13.1 Å². The van der Waals surface area contributed by atoms with Gasteiger partial charge in [-0.2, -0.15) is 0 Å². The van der Waals surface area contributed by atoms with Crippen molar-refractivity contribution in [3.63, 3.8) is 0 Å². The van der Waals surface area contributed by atoms with Crippen molar-refractivity contribution in [2.45, 2.75) is 13.1 Å². The number of rotatable bonds is 6. The van der Waals surface area contributed by atoms with Gasteiger partial charge < -0.3 is 20.1 Å². The van der Waals surface area contributed by atoms with E-state index in [1.54, 1.807) is 30.3 Å². The summed E-state index contributed by atoms with van der Waals surface area (Å²) in [5.74, 6) is -0.440. The van der Waals surface area contributed by atoms with E-state index in [4.69, 9.17) is 9.47 Å².